The van der Waals surface area contributed by atoms with Gasteiger partial charge in [0.15, 0.2) is 0 Å². The highest BCUT2D eigenvalue weighted by atomic mass is 32.2. The minimum Gasteiger partial charge on any atom is -0.349 e. The Bertz CT molecular complexity index is 741. The van der Waals surface area contributed by atoms with Crippen LogP contribution in [0.1, 0.15) is 62.7 Å². The summed E-state index contributed by atoms with van der Waals surface area (Å²) >= 11 is 0. The SMILES string of the molecule is C[C@H]1[C@H](C)CCC[C@H]1NC(=O)c1cccc(S(=O)(=O)N2CCCCC2)c1. The molecule has 2 fully saturated rings. The summed E-state index contributed by atoms with van der Waals surface area (Å²) < 4.78 is 27.2. The highest BCUT2D eigenvalue weighted by Crippen LogP contribution is 2.30. The molecule has 3 rings (SSSR count). The largest absolute Gasteiger partial charge is 0.349 e. The second-order valence-corrected chi connectivity index (χ2v) is 9.78. The number of sulfonamides is 1. The van der Waals surface area contributed by atoms with Crippen molar-refractivity contribution in [3.05, 3.63) is 29.8 Å². The Labute approximate surface area is 157 Å². The molecule has 2 aliphatic rings. The Morgan fingerprint density at radius 3 is 2.54 bits per heavy atom. The van der Waals surface area contributed by atoms with Crippen LogP contribution < -0.4 is 5.32 Å². The molecule has 0 bridgehead atoms. The maximum absolute atomic E-state index is 12.8. The highest BCUT2D eigenvalue weighted by Gasteiger charge is 2.29. The molecule has 26 heavy (non-hydrogen) atoms. The third-order valence-electron chi connectivity index (χ3n) is 6.07. The van der Waals surface area contributed by atoms with Crippen LogP contribution in [0.5, 0.6) is 0 Å². The summed E-state index contributed by atoms with van der Waals surface area (Å²) in [6.45, 7) is 5.55. The average molecular weight is 379 g/mol. The quantitative estimate of drug-likeness (QED) is 0.873. The van der Waals surface area contributed by atoms with Gasteiger partial charge >= 0.3 is 0 Å². The van der Waals surface area contributed by atoms with Gasteiger partial charge in [-0.2, -0.15) is 4.31 Å². The van der Waals surface area contributed by atoms with Crippen LogP contribution >= 0.6 is 0 Å². The van der Waals surface area contributed by atoms with Crippen molar-refractivity contribution >= 4 is 15.9 Å². The molecule has 0 unspecified atom stereocenters. The predicted molar refractivity (Wildman–Crippen MR) is 102 cm³/mol. The van der Waals surface area contributed by atoms with Gasteiger partial charge in [-0.25, -0.2) is 8.42 Å². The van der Waals surface area contributed by atoms with Gasteiger partial charge in [0.05, 0.1) is 4.90 Å². The second-order valence-electron chi connectivity index (χ2n) is 7.84. The zero-order chi connectivity index (χ0) is 18.7. The number of nitrogens with one attached hydrogen (secondary N) is 1. The van der Waals surface area contributed by atoms with Crippen LogP contribution in [0.3, 0.4) is 0 Å². The number of rotatable bonds is 4. The molecule has 5 nitrogen and oxygen atoms in total. The van der Waals surface area contributed by atoms with Crippen molar-refractivity contribution in [3.63, 3.8) is 0 Å². The topological polar surface area (TPSA) is 66.5 Å². The lowest BCUT2D eigenvalue weighted by Crippen LogP contribution is -2.43. The number of benzene rings is 1. The summed E-state index contributed by atoms with van der Waals surface area (Å²) in [5, 5.41) is 3.13. The molecule has 1 saturated carbocycles. The first-order chi connectivity index (χ1) is 12.4. The number of nitrogens with zero attached hydrogens (tertiary/aromatic N) is 1. The van der Waals surface area contributed by atoms with Crippen molar-refractivity contribution in [3.8, 4) is 0 Å². The number of carbonyl (C=O) groups excluding carboxylic acids is 1. The third-order valence-corrected chi connectivity index (χ3v) is 7.97. The van der Waals surface area contributed by atoms with E-state index in [0.717, 1.165) is 32.1 Å². The lowest BCUT2D eigenvalue weighted by Gasteiger charge is -2.34. The van der Waals surface area contributed by atoms with E-state index in [0.29, 0.717) is 30.5 Å². The highest BCUT2D eigenvalue weighted by molar-refractivity contribution is 7.89. The first-order valence-corrected chi connectivity index (χ1v) is 11.2. The number of amides is 1. The van der Waals surface area contributed by atoms with Crippen molar-refractivity contribution in [1.29, 1.82) is 0 Å². The molecule has 1 aliphatic heterocycles. The van der Waals surface area contributed by atoms with Crippen molar-refractivity contribution < 1.29 is 13.2 Å². The summed E-state index contributed by atoms with van der Waals surface area (Å²) in [5.41, 5.74) is 0.425. The van der Waals surface area contributed by atoms with Crippen LogP contribution in [-0.4, -0.2) is 37.8 Å². The van der Waals surface area contributed by atoms with Gasteiger partial charge in [-0.05, 0) is 49.3 Å². The van der Waals surface area contributed by atoms with Gasteiger partial charge < -0.3 is 5.32 Å². The summed E-state index contributed by atoms with van der Waals surface area (Å²) in [6.07, 6.45) is 6.20. The number of carbonyl (C=O) groups is 1. The molecule has 1 saturated heterocycles. The van der Waals surface area contributed by atoms with Gasteiger partial charge in [-0.3, -0.25) is 4.79 Å². The zero-order valence-corrected chi connectivity index (χ0v) is 16.6. The van der Waals surface area contributed by atoms with Gasteiger partial charge in [0.2, 0.25) is 10.0 Å². The molecule has 0 spiro atoms. The van der Waals surface area contributed by atoms with E-state index in [-0.39, 0.29) is 16.8 Å². The summed E-state index contributed by atoms with van der Waals surface area (Å²) in [4.78, 5) is 12.9. The van der Waals surface area contributed by atoms with Gasteiger partial charge in [0, 0.05) is 24.7 Å². The first kappa shape index (κ1) is 19.4. The molecule has 144 valence electrons. The lowest BCUT2D eigenvalue weighted by molar-refractivity contribution is 0.0891. The molecule has 0 radical (unpaired) electrons. The van der Waals surface area contributed by atoms with E-state index in [2.05, 4.69) is 19.2 Å². The molecular weight excluding hydrogens is 348 g/mol. The normalized spacial score (nSPS) is 27.8. The standard InChI is InChI=1S/C20H30N2O3S/c1-15-8-6-11-19(16(15)2)21-20(23)17-9-7-10-18(14-17)26(24,25)22-12-4-3-5-13-22/h7,9-10,14-16,19H,3-6,8,11-13H2,1-2H3,(H,21,23)/t15-,16+,19-/m1/s1. The Hall–Kier alpha value is -1.40. The lowest BCUT2D eigenvalue weighted by atomic mass is 9.78. The minimum absolute atomic E-state index is 0.161. The predicted octanol–water partition coefficient (Wildman–Crippen LogP) is 3.42. The van der Waals surface area contributed by atoms with Crippen molar-refractivity contribution in [2.75, 3.05) is 13.1 Å². The number of hydrogen-bond donors (Lipinski definition) is 1. The smallest absolute Gasteiger partial charge is 0.251 e. The van der Waals surface area contributed by atoms with Gasteiger partial charge in [0.25, 0.3) is 5.91 Å². The minimum atomic E-state index is -3.52. The molecule has 1 amide bonds. The molecule has 1 heterocycles. The summed E-state index contributed by atoms with van der Waals surface area (Å²) in [5.74, 6) is 0.861. The summed E-state index contributed by atoms with van der Waals surface area (Å²) in [7, 11) is -3.52. The van der Waals surface area contributed by atoms with E-state index < -0.39 is 10.0 Å². The van der Waals surface area contributed by atoms with Gasteiger partial charge in [-0.1, -0.05) is 39.2 Å². The maximum Gasteiger partial charge on any atom is 0.251 e. The maximum atomic E-state index is 12.8. The fraction of sp³-hybridized carbons (Fsp3) is 0.650. The Kier molecular flexibility index (Phi) is 6.03. The van der Waals surface area contributed by atoms with Crippen molar-refractivity contribution in [1.82, 2.24) is 9.62 Å². The Morgan fingerprint density at radius 1 is 1.08 bits per heavy atom. The Balaban J connectivity index is 1.75. The molecule has 1 N–H and O–H groups in total. The summed E-state index contributed by atoms with van der Waals surface area (Å²) in [6, 6.07) is 6.64. The van der Waals surface area contributed by atoms with E-state index in [1.807, 2.05) is 0 Å². The number of piperidine rings is 1. The second kappa shape index (κ2) is 8.09. The van der Waals surface area contributed by atoms with Crippen LogP contribution in [0.15, 0.2) is 29.2 Å². The zero-order valence-electron chi connectivity index (χ0n) is 15.8. The van der Waals surface area contributed by atoms with Crippen LogP contribution in [0.2, 0.25) is 0 Å². The molecule has 3 atom stereocenters. The van der Waals surface area contributed by atoms with E-state index in [1.54, 1.807) is 22.5 Å². The molecule has 0 aromatic heterocycles. The van der Waals surface area contributed by atoms with Crippen molar-refractivity contribution in [2.24, 2.45) is 11.8 Å². The molecule has 6 heteroatoms. The third kappa shape index (κ3) is 4.12. The van der Waals surface area contributed by atoms with E-state index >= 15 is 0 Å². The van der Waals surface area contributed by atoms with Crippen LogP contribution in [0, 0.1) is 11.8 Å². The number of hydrogen-bond acceptors (Lipinski definition) is 3. The fourth-order valence-corrected chi connectivity index (χ4v) is 5.65. The van der Waals surface area contributed by atoms with Gasteiger partial charge in [0.1, 0.15) is 0 Å². The van der Waals surface area contributed by atoms with E-state index in [1.165, 1.54) is 12.5 Å². The molecule has 1 aromatic rings. The average Bonchev–Trinajstić information content (AvgIpc) is 2.66. The Morgan fingerprint density at radius 2 is 1.81 bits per heavy atom. The molecule has 1 aliphatic carbocycles. The van der Waals surface area contributed by atoms with E-state index in [4.69, 9.17) is 0 Å². The first-order valence-electron chi connectivity index (χ1n) is 9.80. The van der Waals surface area contributed by atoms with Crippen LogP contribution in [0.25, 0.3) is 0 Å². The van der Waals surface area contributed by atoms with Crippen molar-refractivity contribution in [2.45, 2.75) is 63.3 Å². The molecular formula is C20H30N2O3S. The van der Waals surface area contributed by atoms with Crippen LogP contribution in [-0.2, 0) is 10.0 Å². The van der Waals surface area contributed by atoms with Gasteiger partial charge in [-0.15, -0.1) is 0 Å². The van der Waals surface area contributed by atoms with Crippen LogP contribution in [0.4, 0.5) is 0 Å². The fourth-order valence-electron chi connectivity index (χ4n) is 4.09. The molecule has 1 aromatic carbocycles. The van der Waals surface area contributed by atoms with E-state index in [9.17, 15) is 13.2 Å². The monoisotopic (exact) mass is 378 g/mol.